The molecule has 1 saturated heterocycles. The fraction of sp³-hybridized carbons (Fsp3) is 0.391. The fourth-order valence-electron chi connectivity index (χ4n) is 3.74. The molecule has 1 atom stereocenters. The largest absolute Gasteiger partial charge is 0.462 e. The van der Waals surface area contributed by atoms with Crippen molar-refractivity contribution in [1.29, 1.82) is 0 Å². The van der Waals surface area contributed by atoms with Gasteiger partial charge in [0.2, 0.25) is 12.7 Å². The van der Waals surface area contributed by atoms with E-state index in [4.69, 9.17) is 18.9 Å². The van der Waals surface area contributed by atoms with Gasteiger partial charge in [-0.3, -0.25) is 9.59 Å². The Bertz CT molecular complexity index is 1140. The van der Waals surface area contributed by atoms with Gasteiger partial charge >= 0.3 is 11.9 Å². The molecule has 2 N–H and O–H groups in total. The highest BCUT2D eigenvalue weighted by molar-refractivity contribution is 7.16. The van der Waals surface area contributed by atoms with E-state index in [1.54, 1.807) is 6.92 Å². The third-order valence-corrected chi connectivity index (χ3v) is 6.45. The van der Waals surface area contributed by atoms with Gasteiger partial charge in [-0.1, -0.05) is 6.07 Å². The molecule has 34 heavy (non-hydrogen) atoms. The second-order valence-electron chi connectivity index (χ2n) is 7.74. The number of hydrogen-bond donors (Lipinski definition) is 2. The topological polar surface area (TPSA) is 129 Å². The number of benzene rings is 1. The third kappa shape index (κ3) is 5.14. The van der Waals surface area contributed by atoms with Gasteiger partial charge in [-0.05, 0) is 49.9 Å². The van der Waals surface area contributed by atoms with Gasteiger partial charge in [0.15, 0.2) is 18.1 Å². The minimum Gasteiger partial charge on any atom is -0.462 e. The van der Waals surface area contributed by atoms with Crippen LogP contribution < -0.4 is 20.1 Å². The minimum absolute atomic E-state index is 0.165. The number of esters is 2. The molecule has 10 nitrogen and oxygen atoms in total. The summed E-state index contributed by atoms with van der Waals surface area (Å²) in [5.41, 5.74) is 1.90. The summed E-state index contributed by atoms with van der Waals surface area (Å²) in [6.45, 7) is 3.36. The first-order valence-corrected chi connectivity index (χ1v) is 11.6. The van der Waals surface area contributed by atoms with Gasteiger partial charge in [0.1, 0.15) is 11.0 Å². The van der Waals surface area contributed by atoms with Gasteiger partial charge in [0, 0.05) is 11.3 Å². The van der Waals surface area contributed by atoms with E-state index in [0.29, 0.717) is 29.3 Å². The van der Waals surface area contributed by atoms with Crippen LogP contribution in [0.4, 0.5) is 5.00 Å². The van der Waals surface area contributed by atoms with Crippen molar-refractivity contribution >= 4 is 40.1 Å². The summed E-state index contributed by atoms with van der Waals surface area (Å²) in [4.78, 5) is 49.4. The molecule has 0 spiro atoms. The van der Waals surface area contributed by atoms with Crippen molar-refractivity contribution in [3.8, 4) is 11.5 Å². The molecule has 3 heterocycles. The molecule has 1 unspecified atom stereocenters. The van der Waals surface area contributed by atoms with E-state index in [-0.39, 0.29) is 31.3 Å². The first-order chi connectivity index (χ1) is 16.4. The number of fused-ring (bicyclic) bond motifs is 1. The van der Waals surface area contributed by atoms with Crippen LogP contribution in [0.2, 0.25) is 0 Å². The SMILES string of the molecule is CCOC(=O)c1c(NC(=O)COC(=O)C2CCC(=O)N2)sc(C)c1Cc1ccc2c(c1)OCO2. The average Bonchev–Trinajstić information content (AvgIpc) is 3.51. The molecule has 0 aliphatic carbocycles. The highest BCUT2D eigenvalue weighted by Gasteiger charge is 2.29. The molecule has 0 bridgehead atoms. The second kappa shape index (κ2) is 10.1. The number of thiophene rings is 1. The lowest BCUT2D eigenvalue weighted by Crippen LogP contribution is -2.36. The van der Waals surface area contributed by atoms with Gasteiger partial charge < -0.3 is 29.6 Å². The minimum atomic E-state index is -0.743. The molecule has 11 heteroatoms. The molecule has 2 aliphatic rings. The van der Waals surface area contributed by atoms with Crippen LogP contribution in [0.15, 0.2) is 18.2 Å². The van der Waals surface area contributed by atoms with Crippen LogP contribution in [0.5, 0.6) is 11.5 Å². The zero-order valence-electron chi connectivity index (χ0n) is 18.7. The van der Waals surface area contributed by atoms with Crippen LogP contribution in [0, 0.1) is 6.92 Å². The zero-order chi connectivity index (χ0) is 24.2. The Labute approximate surface area is 199 Å². The molecule has 2 aliphatic heterocycles. The Balaban J connectivity index is 1.49. The number of amides is 2. The van der Waals surface area contributed by atoms with Crippen LogP contribution in [0.1, 0.15) is 46.1 Å². The van der Waals surface area contributed by atoms with Crippen LogP contribution in [-0.2, 0) is 30.3 Å². The standard InChI is InChI=1S/C23H24N2O8S/c1-3-30-23(29)20-14(8-13-4-6-16-17(9-13)33-11-32-16)12(2)34-21(20)25-19(27)10-31-22(28)15-5-7-18(26)24-15/h4,6,9,15H,3,5,7-8,10-11H2,1-2H3,(H,24,26)(H,25,27). The number of carbonyl (C=O) groups is 4. The lowest BCUT2D eigenvalue weighted by molar-refractivity contribution is -0.149. The predicted octanol–water partition coefficient (Wildman–Crippen LogP) is 2.31. The first-order valence-electron chi connectivity index (χ1n) is 10.8. The van der Waals surface area contributed by atoms with Gasteiger partial charge in [-0.25, -0.2) is 9.59 Å². The summed E-state index contributed by atoms with van der Waals surface area (Å²) in [6, 6.07) is 4.81. The van der Waals surface area contributed by atoms with Crippen molar-refractivity contribution in [2.75, 3.05) is 25.3 Å². The lowest BCUT2D eigenvalue weighted by atomic mass is 10.0. The Kier molecular flexibility index (Phi) is 7.01. The Morgan fingerprint density at radius 2 is 2.00 bits per heavy atom. The van der Waals surface area contributed by atoms with Gasteiger partial charge in [-0.2, -0.15) is 0 Å². The van der Waals surface area contributed by atoms with Crippen LogP contribution in [0.25, 0.3) is 0 Å². The molecule has 0 radical (unpaired) electrons. The molecule has 2 amide bonds. The van der Waals surface area contributed by atoms with Crippen molar-refractivity contribution in [3.63, 3.8) is 0 Å². The number of hydrogen-bond acceptors (Lipinski definition) is 9. The Hall–Kier alpha value is -3.60. The molecule has 1 fully saturated rings. The summed E-state index contributed by atoms with van der Waals surface area (Å²) in [5, 5.41) is 5.48. The maximum atomic E-state index is 12.8. The number of aryl methyl sites for hydroxylation is 1. The summed E-state index contributed by atoms with van der Waals surface area (Å²) >= 11 is 1.24. The average molecular weight is 489 g/mol. The second-order valence-corrected chi connectivity index (χ2v) is 8.97. The number of anilines is 1. The molecule has 1 aromatic heterocycles. The van der Waals surface area contributed by atoms with Crippen LogP contribution in [-0.4, -0.2) is 49.8 Å². The van der Waals surface area contributed by atoms with E-state index >= 15 is 0 Å². The number of rotatable bonds is 8. The molecule has 2 aromatic rings. The molecule has 0 saturated carbocycles. The smallest absolute Gasteiger partial charge is 0.341 e. The van der Waals surface area contributed by atoms with Crippen LogP contribution >= 0.6 is 11.3 Å². The molecule has 4 rings (SSSR count). The number of ether oxygens (including phenoxy) is 4. The van der Waals surface area contributed by atoms with E-state index in [2.05, 4.69) is 10.6 Å². The van der Waals surface area contributed by atoms with Crippen molar-refractivity contribution in [2.45, 2.75) is 39.2 Å². The summed E-state index contributed by atoms with van der Waals surface area (Å²) < 4.78 is 21.1. The number of nitrogens with one attached hydrogen (secondary N) is 2. The fourth-order valence-corrected chi connectivity index (χ4v) is 4.82. The first kappa shape index (κ1) is 23.6. The van der Waals surface area contributed by atoms with E-state index in [1.807, 2.05) is 25.1 Å². The normalized spacial score (nSPS) is 16.2. The van der Waals surface area contributed by atoms with E-state index in [9.17, 15) is 19.2 Å². The highest BCUT2D eigenvalue weighted by Crippen LogP contribution is 2.37. The van der Waals surface area contributed by atoms with E-state index < -0.39 is 30.5 Å². The quantitative estimate of drug-likeness (QED) is 0.542. The van der Waals surface area contributed by atoms with Crippen molar-refractivity contribution in [2.24, 2.45) is 0 Å². The molecular formula is C23H24N2O8S. The van der Waals surface area contributed by atoms with Gasteiger partial charge in [-0.15, -0.1) is 11.3 Å². The van der Waals surface area contributed by atoms with Gasteiger partial charge in [0.25, 0.3) is 5.91 Å². The predicted molar refractivity (Wildman–Crippen MR) is 121 cm³/mol. The van der Waals surface area contributed by atoms with Gasteiger partial charge in [0.05, 0.1) is 12.2 Å². The van der Waals surface area contributed by atoms with Crippen molar-refractivity contribution in [1.82, 2.24) is 5.32 Å². The highest BCUT2D eigenvalue weighted by atomic mass is 32.1. The molecule has 1 aromatic carbocycles. The zero-order valence-corrected chi connectivity index (χ0v) is 19.5. The van der Waals surface area contributed by atoms with E-state index in [1.165, 1.54) is 11.3 Å². The summed E-state index contributed by atoms with van der Waals surface area (Å²) in [6.07, 6.45) is 0.995. The van der Waals surface area contributed by atoms with Crippen molar-refractivity contribution < 1.29 is 38.1 Å². The lowest BCUT2D eigenvalue weighted by Gasteiger charge is -2.11. The maximum absolute atomic E-state index is 12.8. The molecule has 180 valence electrons. The monoisotopic (exact) mass is 488 g/mol. The van der Waals surface area contributed by atoms with Crippen LogP contribution in [0.3, 0.4) is 0 Å². The van der Waals surface area contributed by atoms with Crippen molar-refractivity contribution in [3.05, 3.63) is 39.8 Å². The third-order valence-electron chi connectivity index (χ3n) is 5.38. The molecular weight excluding hydrogens is 464 g/mol. The summed E-state index contributed by atoms with van der Waals surface area (Å²) in [5.74, 6) is -0.748. The summed E-state index contributed by atoms with van der Waals surface area (Å²) in [7, 11) is 0. The Morgan fingerprint density at radius 1 is 1.21 bits per heavy atom. The number of carbonyl (C=O) groups excluding carboxylic acids is 4. The van der Waals surface area contributed by atoms with E-state index in [0.717, 1.165) is 16.0 Å². The Morgan fingerprint density at radius 3 is 2.74 bits per heavy atom. The maximum Gasteiger partial charge on any atom is 0.341 e.